The van der Waals surface area contributed by atoms with Gasteiger partial charge in [-0.2, -0.15) is 0 Å². The van der Waals surface area contributed by atoms with Crippen molar-refractivity contribution in [1.29, 1.82) is 0 Å². The van der Waals surface area contributed by atoms with E-state index in [4.69, 9.17) is 10.8 Å². The maximum Gasteiger partial charge on any atom is 0.123 e. The van der Waals surface area contributed by atoms with Crippen molar-refractivity contribution in [3.8, 4) is 0 Å². The van der Waals surface area contributed by atoms with Gasteiger partial charge in [0.05, 0.1) is 6.61 Å². The SMILES string of the molecule is CNC(c1ccc(F)cc1)C(N)CO. The molecule has 2 atom stereocenters. The molecule has 1 aromatic rings. The van der Waals surface area contributed by atoms with Crippen LogP contribution in [0.15, 0.2) is 24.3 Å². The molecule has 0 aliphatic carbocycles. The highest BCUT2D eigenvalue weighted by Crippen LogP contribution is 2.15. The molecule has 4 heteroatoms. The number of nitrogens with one attached hydrogen (secondary N) is 1. The van der Waals surface area contributed by atoms with Crippen molar-refractivity contribution in [3.05, 3.63) is 35.6 Å². The first-order valence-electron chi connectivity index (χ1n) is 4.48. The van der Waals surface area contributed by atoms with Gasteiger partial charge in [-0.1, -0.05) is 12.1 Å². The molecule has 1 aromatic carbocycles. The molecule has 0 saturated carbocycles. The number of aliphatic hydroxyl groups is 1. The van der Waals surface area contributed by atoms with E-state index in [0.717, 1.165) is 5.56 Å². The lowest BCUT2D eigenvalue weighted by atomic mass is 10.0. The Morgan fingerprint density at radius 2 is 2.00 bits per heavy atom. The molecular weight excluding hydrogens is 183 g/mol. The number of likely N-dealkylation sites (N-methyl/N-ethyl adjacent to an activating group) is 1. The molecule has 14 heavy (non-hydrogen) atoms. The summed E-state index contributed by atoms with van der Waals surface area (Å²) < 4.78 is 12.6. The van der Waals surface area contributed by atoms with Gasteiger partial charge in [-0.05, 0) is 24.7 Å². The van der Waals surface area contributed by atoms with Gasteiger partial charge in [0.15, 0.2) is 0 Å². The Morgan fingerprint density at radius 3 is 2.43 bits per heavy atom. The smallest absolute Gasteiger partial charge is 0.123 e. The van der Waals surface area contributed by atoms with Crippen LogP contribution in [0, 0.1) is 5.82 Å². The number of benzene rings is 1. The van der Waals surface area contributed by atoms with Gasteiger partial charge < -0.3 is 16.2 Å². The molecule has 4 N–H and O–H groups in total. The zero-order valence-corrected chi connectivity index (χ0v) is 8.07. The van der Waals surface area contributed by atoms with E-state index >= 15 is 0 Å². The fraction of sp³-hybridized carbons (Fsp3) is 0.400. The molecule has 0 aliphatic heterocycles. The predicted octanol–water partition coefficient (Wildman–Crippen LogP) is 0.406. The predicted molar refractivity (Wildman–Crippen MR) is 53.3 cm³/mol. The lowest BCUT2D eigenvalue weighted by Gasteiger charge is -2.22. The number of rotatable bonds is 4. The van der Waals surface area contributed by atoms with Crippen molar-refractivity contribution in [2.75, 3.05) is 13.7 Å². The van der Waals surface area contributed by atoms with E-state index < -0.39 is 0 Å². The average Bonchev–Trinajstić information content (AvgIpc) is 2.21. The van der Waals surface area contributed by atoms with Gasteiger partial charge in [0.1, 0.15) is 5.82 Å². The maximum absolute atomic E-state index is 12.6. The Kier molecular flexibility index (Phi) is 4.00. The highest BCUT2D eigenvalue weighted by molar-refractivity contribution is 5.21. The second-order valence-corrected chi connectivity index (χ2v) is 3.16. The van der Waals surface area contributed by atoms with Gasteiger partial charge in [-0.25, -0.2) is 4.39 Å². The standard InChI is InChI=1S/C10H15FN2O/c1-13-10(9(12)6-14)7-2-4-8(11)5-3-7/h2-5,9-10,13-14H,6,12H2,1H3. The van der Waals surface area contributed by atoms with E-state index in [1.54, 1.807) is 19.2 Å². The zero-order chi connectivity index (χ0) is 10.6. The molecule has 0 amide bonds. The molecule has 2 unspecified atom stereocenters. The van der Waals surface area contributed by atoms with Crippen LogP contribution < -0.4 is 11.1 Å². The molecule has 78 valence electrons. The van der Waals surface area contributed by atoms with Crippen molar-refractivity contribution < 1.29 is 9.50 Å². The third-order valence-corrected chi connectivity index (χ3v) is 2.18. The van der Waals surface area contributed by atoms with Crippen LogP contribution in [0.3, 0.4) is 0 Å². The summed E-state index contributed by atoms with van der Waals surface area (Å²) in [5.41, 5.74) is 6.56. The molecule has 1 rings (SSSR count). The van der Waals surface area contributed by atoms with E-state index in [-0.39, 0.29) is 24.5 Å². The van der Waals surface area contributed by atoms with Crippen LogP contribution in [0.25, 0.3) is 0 Å². The van der Waals surface area contributed by atoms with Crippen molar-refractivity contribution >= 4 is 0 Å². The zero-order valence-electron chi connectivity index (χ0n) is 8.07. The van der Waals surface area contributed by atoms with Crippen LogP contribution >= 0.6 is 0 Å². The summed E-state index contributed by atoms with van der Waals surface area (Å²) in [7, 11) is 1.75. The summed E-state index contributed by atoms with van der Waals surface area (Å²) in [4.78, 5) is 0. The Hall–Kier alpha value is -0.970. The summed E-state index contributed by atoms with van der Waals surface area (Å²) in [5.74, 6) is -0.277. The second-order valence-electron chi connectivity index (χ2n) is 3.16. The Balaban J connectivity index is 2.84. The average molecular weight is 198 g/mol. The number of nitrogens with two attached hydrogens (primary N) is 1. The quantitative estimate of drug-likeness (QED) is 0.656. The molecule has 0 saturated heterocycles. The van der Waals surface area contributed by atoms with E-state index in [2.05, 4.69) is 5.32 Å². The first-order chi connectivity index (χ1) is 6.69. The number of hydrogen-bond acceptors (Lipinski definition) is 3. The van der Waals surface area contributed by atoms with Gasteiger partial charge in [-0.3, -0.25) is 0 Å². The van der Waals surface area contributed by atoms with E-state index in [1.165, 1.54) is 12.1 Å². The monoisotopic (exact) mass is 198 g/mol. The van der Waals surface area contributed by atoms with E-state index in [9.17, 15) is 4.39 Å². The van der Waals surface area contributed by atoms with Gasteiger partial charge in [0.25, 0.3) is 0 Å². The fourth-order valence-corrected chi connectivity index (χ4v) is 1.40. The first-order valence-corrected chi connectivity index (χ1v) is 4.48. The lowest BCUT2D eigenvalue weighted by Crippen LogP contribution is -2.38. The third-order valence-electron chi connectivity index (χ3n) is 2.18. The summed E-state index contributed by atoms with van der Waals surface area (Å²) in [5, 5.41) is 11.9. The van der Waals surface area contributed by atoms with Crippen LogP contribution in [-0.2, 0) is 0 Å². The molecule has 0 fully saturated rings. The van der Waals surface area contributed by atoms with Crippen molar-refractivity contribution in [3.63, 3.8) is 0 Å². The van der Waals surface area contributed by atoms with Crippen LogP contribution in [0.1, 0.15) is 11.6 Å². The normalized spacial score (nSPS) is 15.1. The minimum atomic E-state index is -0.384. The topological polar surface area (TPSA) is 58.3 Å². The molecule has 0 heterocycles. The second kappa shape index (κ2) is 5.05. The summed E-state index contributed by atoms with van der Waals surface area (Å²) >= 11 is 0. The van der Waals surface area contributed by atoms with Crippen LogP contribution in [0.5, 0.6) is 0 Å². The fourth-order valence-electron chi connectivity index (χ4n) is 1.40. The van der Waals surface area contributed by atoms with Gasteiger partial charge in [0.2, 0.25) is 0 Å². The molecule has 0 radical (unpaired) electrons. The first kappa shape index (κ1) is 11.1. The van der Waals surface area contributed by atoms with Gasteiger partial charge in [0, 0.05) is 12.1 Å². The third kappa shape index (κ3) is 2.51. The number of aliphatic hydroxyl groups excluding tert-OH is 1. The van der Waals surface area contributed by atoms with Crippen LogP contribution in [0.4, 0.5) is 4.39 Å². The van der Waals surface area contributed by atoms with Crippen molar-refractivity contribution in [1.82, 2.24) is 5.32 Å². The van der Waals surface area contributed by atoms with Crippen LogP contribution in [-0.4, -0.2) is 24.8 Å². The summed E-state index contributed by atoms with van der Waals surface area (Å²) in [6.07, 6.45) is 0. The van der Waals surface area contributed by atoms with Gasteiger partial charge in [-0.15, -0.1) is 0 Å². The lowest BCUT2D eigenvalue weighted by molar-refractivity contribution is 0.240. The van der Waals surface area contributed by atoms with E-state index in [1.807, 2.05) is 0 Å². The molecule has 0 spiro atoms. The maximum atomic E-state index is 12.6. The van der Waals surface area contributed by atoms with Gasteiger partial charge >= 0.3 is 0 Å². The Bertz CT molecular complexity index is 276. The molecule has 0 aliphatic rings. The van der Waals surface area contributed by atoms with Crippen molar-refractivity contribution in [2.45, 2.75) is 12.1 Å². The summed E-state index contributed by atoms with van der Waals surface area (Å²) in [6.45, 7) is -0.108. The minimum absolute atomic E-state index is 0.108. The Labute approximate surface area is 82.7 Å². The largest absolute Gasteiger partial charge is 0.395 e. The van der Waals surface area contributed by atoms with E-state index in [0.29, 0.717) is 0 Å². The molecule has 0 aromatic heterocycles. The number of hydrogen-bond donors (Lipinski definition) is 3. The Morgan fingerprint density at radius 1 is 1.43 bits per heavy atom. The molecule has 3 nitrogen and oxygen atoms in total. The minimum Gasteiger partial charge on any atom is -0.395 e. The highest BCUT2D eigenvalue weighted by Gasteiger charge is 2.16. The van der Waals surface area contributed by atoms with Crippen LogP contribution in [0.2, 0.25) is 0 Å². The highest BCUT2D eigenvalue weighted by atomic mass is 19.1. The van der Waals surface area contributed by atoms with Crippen molar-refractivity contribution in [2.24, 2.45) is 5.73 Å². The molecule has 0 bridgehead atoms. The summed E-state index contributed by atoms with van der Waals surface area (Å²) in [6, 6.07) is 5.54. The molecular formula is C10H15FN2O. The number of halogens is 1.